The molecule has 0 aromatic carbocycles. The third kappa shape index (κ3) is 2.82. The number of rotatable bonds is 4. The average molecular weight is 197 g/mol. The standard InChI is InChI=1S/C11H19NS/c1-4-5-6-10(12)11-7-8(2)9(3)13-11/h7,10H,4-6,12H2,1-3H3. The van der Waals surface area contributed by atoms with Gasteiger partial charge in [0.25, 0.3) is 0 Å². The van der Waals surface area contributed by atoms with Crippen LogP contribution in [-0.2, 0) is 0 Å². The van der Waals surface area contributed by atoms with Crippen LogP contribution < -0.4 is 5.73 Å². The molecular weight excluding hydrogens is 178 g/mol. The van der Waals surface area contributed by atoms with E-state index in [1.807, 2.05) is 11.3 Å². The maximum Gasteiger partial charge on any atom is 0.0389 e. The Bertz CT molecular complexity index is 246. The van der Waals surface area contributed by atoms with Crippen molar-refractivity contribution in [1.82, 2.24) is 0 Å². The molecule has 1 aromatic heterocycles. The monoisotopic (exact) mass is 197 g/mol. The molecule has 0 aliphatic heterocycles. The highest BCUT2D eigenvalue weighted by Gasteiger charge is 2.09. The van der Waals surface area contributed by atoms with E-state index < -0.39 is 0 Å². The lowest BCUT2D eigenvalue weighted by Crippen LogP contribution is -2.07. The van der Waals surface area contributed by atoms with E-state index in [1.165, 1.54) is 28.2 Å². The summed E-state index contributed by atoms with van der Waals surface area (Å²) in [5.41, 5.74) is 7.46. The van der Waals surface area contributed by atoms with Crippen LogP contribution in [0.15, 0.2) is 6.07 Å². The van der Waals surface area contributed by atoms with Crippen LogP contribution in [0.25, 0.3) is 0 Å². The molecule has 2 N–H and O–H groups in total. The van der Waals surface area contributed by atoms with Crippen molar-refractivity contribution in [3.05, 3.63) is 21.4 Å². The SMILES string of the molecule is CCCCC(N)c1cc(C)c(C)s1. The first-order valence-electron chi connectivity index (χ1n) is 4.97. The normalized spacial score (nSPS) is 13.2. The molecule has 0 amide bonds. The van der Waals surface area contributed by atoms with Crippen molar-refractivity contribution in [2.45, 2.75) is 46.1 Å². The van der Waals surface area contributed by atoms with Gasteiger partial charge >= 0.3 is 0 Å². The first-order chi connectivity index (χ1) is 6.15. The molecule has 0 aliphatic carbocycles. The van der Waals surface area contributed by atoms with Crippen LogP contribution in [0.1, 0.15) is 47.5 Å². The number of hydrogen-bond donors (Lipinski definition) is 1. The van der Waals surface area contributed by atoms with Gasteiger partial charge in [-0.15, -0.1) is 11.3 Å². The van der Waals surface area contributed by atoms with E-state index in [0.717, 1.165) is 6.42 Å². The van der Waals surface area contributed by atoms with Gasteiger partial charge in [0.2, 0.25) is 0 Å². The second kappa shape index (κ2) is 4.77. The first kappa shape index (κ1) is 10.7. The summed E-state index contributed by atoms with van der Waals surface area (Å²) in [5.74, 6) is 0. The highest BCUT2D eigenvalue weighted by molar-refractivity contribution is 7.12. The predicted octanol–water partition coefficient (Wildman–Crippen LogP) is 3.55. The van der Waals surface area contributed by atoms with Crippen LogP contribution in [0.4, 0.5) is 0 Å². The molecule has 0 spiro atoms. The van der Waals surface area contributed by atoms with Gasteiger partial charge in [-0.05, 0) is 31.9 Å². The smallest absolute Gasteiger partial charge is 0.0389 e. The third-order valence-corrected chi connectivity index (χ3v) is 3.70. The van der Waals surface area contributed by atoms with Crippen molar-refractivity contribution < 1.29 is 0 Å². The van der Waals surface area contributed by atoms with E-state index in [1.54, 1.807) is 0 Å². The van der Waals surface area contributed by atoms with E-state index >= 15 is 0 Å². The first-order valence-corrected chi connectivity index (χ1v) is 5.79. The molecule has 0 aliphatic rings. The lowest BCUT2D eigenvalue weighted by Gasteiger charge is -2.07. The summed E-state index contributed by atoms with van der Waals surface area (Å²) in [5, 5.41) is 0. The Hall–Kier alpha value is -0.340. The van der Waals surface area contributed by atoms with E-state index in [9.17, 15) is 0 Å². The molecule has 2 heteroatoms. The largest absolute Gasteiger partial charge is 0.323 e. The summed E-state index contributed by atoms with van der Waals surface area (Å²) < 4.78 is 0. The summed E-state index contributed by atoms with van der Waals surface area (Å²) in [6.07, 6.45) is 3.59. The Kier molecular flexibility index (Phi) is 3.94. The molecule has 13 heavy (non-hydrogen) atoms. The Morgan fingerprint density at radius 1 is 1.46 bits per heavy atom. The van der Waals surface area contributed by atoms with Crippen LogP contribution in [0.5, 0.6) is 0 Å². The molecule has 74 valence electrons. The average Bonchev–Trinajstić information content (AvgIpc) is 2.43. The second-order valence-corrected chi connectivity index (χ2v) is 4.92. The fourth-order valence-corrected chi connectivity index (χ4v) is 2.43. The summed E-state index contributed by atoms with van der Waals surface area (Å²) in [6, 6.07) is 2.50. The van der Waals surface area contributed by atoms with Crippen LogP contribution in [0.3, 0.4) is 0 Å². The molecule has 1 unspecified atom stereocenters. The summed E-state index contributed by atoms with van der Waals surface area (Å²) in [6.45, 7) is 6.52. The van der Waals surface area contributed by atoms with Crippen molar-refractivity contribution in [2.24, 2.45) is 5.73 Å². The zero-order valence-electron chi connectivity index (χ0n) is 8.76. The van der Waals surface area contributed by atoms with E-state index in [0.29, 0.717) is 0 Å². The number of unbranched alkanes of at least 4 members (excludes halogenated alkanes) is 1. The lowest BCUT2D eigenvalue weighted by molar-refractivity contribution is 0.611. The van der Waals surface area contributed by atoms with Crippen molar-refractivity contribution >= 4 is 11.3 Å². The molecule has 1 aromatic rings. The summed E-state index contributed by atoms with van der Waals surface area (Å²) in [7, 11) is 0. The van der Waals surface area contributed by atoms with Crippen molar-refractivity contribution in [1.29, 1.82) is 0 Å². The van der Waals surface area contributed by atoms with Gasteiger partial charge in [0.1, 0.15) is 0 Å². The quantitative estimate of drug-likeness (QED) is 0.784. The molecule has 1 heterocycles. The van der Waals surface area contributed by atoms with Crippen molar-refractivity contribution in [2.75, 3.05) is 0 Å². The van der Waals surface area contributed by atoms with E-state index in [4.69, 9.17) is 5.73 Å². The highest BCUT2D eigenvalue weighted by atomic mass is 32.1. The number of nitrogens with two attached hydrogens (primary N) is 1. The minimum Gasteiger partial charge on any atom is -0.323 e. The summed E-state index contributed by atoms with van der Waals surface area (Å²) >= 11 is 1.85. The van der Waals surface area contributed by atoms with Crippen LogP contribution >= 0.6 is 11.3 Å². The van der Waals surface area contributed by atoms with Gasteiger partial charge in [0, 0.05) is 15.8 Å². The number of thiophene rings is 1. The molecule has 0 bridgehead atoms. The molecule has 0 saturated carbocycles. The topological polar surface area (TPSA) is 26.0 Å². The molecule has 0 radical (unpaired) electrons. The van der Waals surface area contributed by atoms with Gasteiger partial charge in [-0.3, -0.25) is 0 Å². The van der Waals surface area contributed by atoms with Gasteiger partial charge in [0.05, 0.1) is 0 Å². The van der Waals surface area contributed by atoms with Gasteiger partial charge in [-0.1, -0.05) is 19.8 Å². The zero-order chi connectivity index (χ0) is 9.84. The minimum atomic E-state index is 0.261. The van der Waals surface area contributed by atoms with Gasteiger partial charge < -0.3 is 5.73 Å². The zero-order valence-corrected chi connectivity index (χ0v) is 9.58. The molecule has 1 atom stereocenters. The predicted molar refractivity (Wildman–Crippen MR) is 60.2 cm³/mol. The van der Waals surface area contributed by atoms with Gasteiger partial charge in [-0.2, -0.15) is 0 Å². The summed E-state index contributed by atoms with van der Waals surface area (Å²) in [4.78, 5) is 2.75. The molecule has 1 rings (SSSR count). The Balaban J connectivity index is 2.60. The Morgan fingerprint density at radius 2 is 2.15 bits per heavy atom. The molecule has 0 fully saturated rings. The maximum atomic E-state index is 6.07. The fraction of sp³-hybridized carbons (Fsp3) is 0.636. The number of aryl methyl sites for hydroxylation is 2. The fourth-order valence-electron chi connectivity index (χ4n) is 1.35. The third-order valence-electron chi connectivity index (χ3n) is 2.42. The van der Waals surface area contributed by atoms with Gasteiger partial charge in [-0.25, -0.2) is 0 Å². The molecule has 0 saturated heterocycles. The van der Waals surface area contributed by atoms with Crippen molar-refractivity contribution in [3.8, 4) is 0 Å². The molecule has 1 nitrogen and oxygen atoms in total. The van der Waals surface area contributed by atoms with Gasteiger partial charge in [0.15, 0.2) is 0 Å². The maximum absolute atomic E-state index is 6.07. The second-order valence-electron chi connectivity index (χ2n) is 3.64. The van der Waals surface area contributed by atoms with E-state index in [2.05, 4.69) is 26.8 Å². The van der Waals surface area contributed by atoms with Crippen LogP contribution in [-0.4, -0.2) is 0 Å². The van der Waals surface area contributed by atoms with Crippen molar-refractivity contribution in [3.63, 3.8) is 0 Å². The van der Waals surface area contributed by atoms with Crippen LogP contribution in [0.2, 0.25) is 0 Å². The minimum absolute atomic E-state index is 0.261. The molecular formula is C11H19NS. The number of hydrogen-bond acceptors (Lipinski definition) is 2. The lowest BCUT2D eigenvalue weighted by atomic mass is 10.1. The Morgan fingerprint density at radius 3 is 2.62 bits per heavy atom. The Labute approximate surface area is 85.0 Å². The van der Waals surface area contributed by atoms with Crippen LogP contribution in [0, 0.1) is 13.8 Å². The van der Waals surface area contributed by atoms with E-state index in [-0.39, 0.29) is 6.04 Å². The highest BCUT2D eigenvalue weighted by Crippen LogP contribution is 2.27.